The number of benzene rings is 2. The van der Waals surface area contributed by atoms with Gasteiger partial charge in [-0.2, -0.15) is 5.26 Å². The molecule has 3 unspecified atom stereocenters. The number of nitriles is 1. The van der Waals surface area contributed by atoms with Crippen LogP contribution in [0.5, 0.6) is 0 Å². The molecule has 0 bridgehead atoms. The molecule has 0 aromatic heterocycles. The smallest absolute Gasteiger partial charge is 0.324 e. The van der Waals surface area contributed by atoms with Crippen molar-refractivity contribution < 1.29 is 18.7 Å². The first-order chi connectivity index (χ1) is 21.7. The average Bonchev–Trinajstić information content (AvgIpc) is 3.35. The second-order valence-electron chi connectivity index (χ2n) is 15.9. The number of halogens is 1. The molecule has 0 spiro atoms. The Morgan fingerprint density at radius 2 is 1.67 bits per heavy atom. The molecule has 1 saturated carbocycles. The highest BCUT2D eigenvalue weighted by molar-refractivity contribution is 5.80. The van der Waals surface area contributed by atoms with Gasteiger partial charge in [-0.25, -0.2) is 4.39 Å². The highest BCUT2D eigenvalue weighted by Crippen LogP contribution is 2.46. The normalized spacial score (nSPS) is 23.3. The Bertz CT molecular complexity index is 1460. The minimum atomic E-state index is -0.593. The number of aryl methyl sites for hydroxylation is 2. The number of nitrogens with zero attached hydrogens (tertiary/aromatic N) is 3. The summed E-state index contributed by atoms with van der Waals surface area (Å²) in [6.07, 6.45) is 7.37. The zero-order chi connectivity index (χ0) is 33.2. The zero-order valence-electron chi connectivity index (χ0n) is 28.7. The summed E-state index contributed by atoms with van der Waals surface area (Å²) >= 11 is 0. The van der Waals surface area contributed by atoms with Crippen LogP contribution in [0.4, 0.5) is 4.39 Å². The Labute approximate surface area is 275 Å². The quantitative estimate of drug-likeness (QED) is 0.249. The minimum absolute atomic E-state index is 0.0352. The fourth-order valence-electron chi connectivity index (χ4n) is 7.90. The third-order valence-electron chi connectivity index (χ3n) is 10.5. The van der Waals surface area contributed by atoms with Crippen molar-refractivity contribution in [3.8, 4) is 6.07 Å². The van der Waals surface area contributed by atoms with E-state index in [1.165, 1.54) is 23.6 Å². The molecule has 46 heavy (non-hydrogen) atoms. The first-order valence-electron chi connectivity index (χ1n) is 17.3. The van der Waals surface area contributed by atoms with Gasteiger partial charge in [0.05, 0.1) is 11.6 Å². The summed E-state index contributed by atoms with van der Waals surface area (Å²) in [7, 11) is 0. The van der Waals surface area contributed by atoms with E-state index in [4.69, 9.17) is 4.74 Å². The number of carbonyl (C=O) groups is 2. The molecule has 2 fully saturated rings. The first-order valence-corrected chi connectivity index (χ1v) is 17.3. The van der Waals surface area contributed by atoms with Gasteiger partial charge in [0, 0.05) is 32.1 Å². The van der Waals surface area contributed by atoms with Crippen LogP contribution in [0.3, 0.4) is 0 Å². The SMILES string of the molecule is CC(C)(C)OC(=O)[C@H](Cc1ccc2c(c1)CCC2)N1CCN(C(=O)C2CC(C(C)(C)C)CCCC2c2ccc(C#N)cc2F)CC1. The van der Waals surface area contributed by atoms with Gasteiger partial charge in [-0.05, 0) is 117 Å². The molecule has 2 aromatic rings. The van der Waals surface area contributed by atoms with E-state index in [0.717, 1.165) is 37.7 Å². The second-order valence-corrected chi connectivity index (χ2v) is 15.9. The molecule has 0 radical (unpaired) electrons. The lowest BCUT2D eigenvalue weighted by atomic mass is 9.72. The number of amides is 1. The molecule has 1 aliphatic heterocycles. The van der Waals surface area contributed by atoms with E-state index in [1.807, 2.05) is 31.7 Å². The molecule has 2 aliphatic carbocycles. The predicted octanol–water partition coefficient (Wildman–Crippen LogP) is 7.22. The van der Waals surface area contributed by atoms with Gasteiger partial charge < -0.3 is 9.64 Å². The molecule has 6 nitrogen and oxygen atoms in total. The van der Waals surface area contributed by atoms with Crippen molar-refractivity contribution in [3.63, 3.8) is 0 Å². The molecule has 1 saturated heterocycles. The first kappa shape index (κ1) is 34.1. The van der Waals surface area contributed by atoms with Gasteiger partial charge in [-0.3, -0.25) is 14.5 Å². The van der Waals surface area contributed by atoms with E-state index >= 15 is 4.39 Å². The van der Waals surface area contributed by atoms with E-state index in [0.29, 0.717) is 56.1 Å². The van der Waals surface area contributed by atoms with Gasteiger partial charge in [0.25, 0.3) is 0 Å². The Morgan fingerprint density at radius 3 is 2.33 bits per heavy atom. The van der Waals surface area contributed by atoms with Gasteiger partial charge in [-0.15, -0.1) is 0 Å². The topological polar surface area (TPSA) is 73.6 Å². The summed E-state index contributed by atoms with van der Waals surface area (Å²) in [5.74, 6) is -0.766. The summed E-state index contributed by atoms with van der Waals surface area (Å²) in [6.45, 7) is 14.6. The monoisotopic (exact) mass is 629 g/mol. The van der Waals surface area contributed by atoms with E-state index in [1.54, 1.807) is 12.1 Å². The van der Waals surface area contributed by atoms with Crippen LogP contribution in [0.1, 0.15) is 107 Å². The Balaban J connectivity index is 1.35. The third kappa shape index (κ3) is 8.00. The van der Waals surface area contributed by atoms with Gasteiger partial charge in [0.2, 0.25) is 5.91 Å². The van der Waals surface area contributed by atoms with Crippen molar-refractivity contribution in [2.75, 3.05) is 26.2 Å². The van der Waals surface area contributed by atoms with E-state index < -0.39 is 17.5 Å². The minimum Gasteiger partial charge on any atom is -0.459 e. The second kappa shape index (κ2) is 13.9. The maximum absolute atomic E-state index is 15.4. The molecule has 3 aliphatic rings. The van der Waals surface area contributed by atoms with Crippen molar-refractivity contribution in [2.45, 2.75) is 110 Å². The highest BCUT2D eigenvalue weighted by atomic mass is 19.1. The average molecular weight is 630 g/mol. The van der Waals surface area contributed by atoms with Crippen molar-refractivity contribution in [1.29, 1.82) is 5.26 Å². The van der Waals surface area contributed by atoms with Crippen LogP contribution in [-0.4, -0.2) is 59.5 Å². The molecule has 1 heterocycles. The van der Waals surface area contributed by atoms with Crippen molar-refractivity contribution in [3.05, 3.63) is 70.0 Å². The lowest BCUT2D eigenvalue weighted by Crippen LogP contribution is -2.56. The summed E-state index contributed by atoms with van der Waals surface area (Å²) in [5, 5.41) is 9.30. The molecule has 2 aromatic carbocycles. The van der Waals surface area contributed by atoms with Gasteiger partial charge >= 0.3 is 5.97 Å². The number of ether oxygens (including phenoxy) is 1. The van der Waals surface area contributed by atoms with Crippen molar-refractivity contribution >= 4 is 11.9 Å². The standard InChI is InChI=1S/C39H52FN3O3/c1-38(2,3)30-11-8-12-31(32-16-14-27(25-41)22-34(32)40)33(24-30)36(44)43-19-17-42(18-20-43)35(37(45)46-39(4,5)6)23-26-13-15-28-9-7-10-29(28)21-26/h13-16,21-22,30-31,33,35H,7-12,17-20,23-24H2,1-6H3/t30?,31?,33?,35-/m0/s1. The van der Waals surface area contributed by atoms with Crippen molar-refractivity contribution in [2.24, 2.45) is 17.3 Å². The summed E-state index contributed by atoms with van der Waals surface area (Å²) in [6, 6.07) is 12.9. The lowest BCUT2D eigenvalue weighted by molar-refractivity contribution is -0.162. The molecule has 4 atom stereocenters. The van der Waals surface area contributed by atoms with Crippen LogP contribution in [0, 0.1) is 34.4 Å². The summed E-state index contributed by atoms with van der Waals surface area (Å²) in [5.41, 5.74) is 4.23. The molecule has 248 valence electrons. The summed E-state index contributed by atoms with van der Waals surface area (Å²) < 4.78 is 21.3. The van der Waals surface area contributed by atoms with Crippen LogP contribution in [-0.2, 0) is 33.6 Å². The molecule has 0 N–H and O–H groups in total. The molecule has 5 rings (SSSR count). The van der Waals surface area contributed by atoms with Gasteiger partial charge in [-0.1, -0.05) is 51.5 Å². The lowest BCUT2D eigenvalue weighted by Gasteiger charge is -2.41. The van der Waals surface area contributed by atoms with Crippen LogP contribution >= 0.6 is 0 Å². The molecule has 1 amide bonds. The highest BCUT2D eigenvalue weighted by Gasteiger charge is 2.42. The molecule has 7 heteroatoms. The number of esters is 1. The predicted molar refractivity (Wildman–Crippen MR) is 179 cm³/mol. The van der Waals surface area contributed by atoms with Crippen LogP contribution in [0.15, 0.2) is 36.4 Å². The largest absolute Gasteiger partial charge is 0.459 e. The van der Waals surface area contributed by atoms with E-state index in [-0.39, 0.29) is 29.1 Å². The number of hydrogen-bond donors (Lipinski definition) is 0. The van der Waals surface area contributed by atoms with E-state index in [2.05, 4.69) is 43.9 Å². The van der Waals surface area contributed by atoms with Crippen LogP contribution < -0.4 is 0 Å². The number of fused-ring (bicyclic) bond motifs is 1. The molecular formula is C39H52FN3O3. The maximum atomic E-state index is 15.4. The maximum Gasteiger partial charge on any atom is 0.324 e. The van der Waals surface area contributed by atoms with Crippen molar-refractivity contribution in [1.82, 2.24) is 9.80 Å². The fraction of sp³-hybridized carbons (Fsp3) is 0.615. The Hall–Kier alpha value is -3.24. The molecular weight excluding hydrogens is 577 g/mol. The number of hydrogen-bond acceptors (Lipinski definition) is 5. The number of carbonyl (C=O) groups excluding carboxylic acids is 2. The van der Waals surface area contributed by atoms with Gasteiger partial charge in [0.1, 0.15) is 17.5 Å². The van der Waals surface area contributed by atoms with E-state index in [9.17, 15) is 14.9 Å². The Morgan fingerprint density at radius 1 is 0.957 bits per heavy atom. The fourth-order valence-corrected chi connectivity index (χ4v) is 7.90. The Kier molecular flexibility index (Phi) is 10.3. The van der Waals surface area contributed by atoms with Gasteiger partial charge in [0.15, 0.2) is 0 Å². The number of piperazine rings is 1. The zero-order valence-corrected chi connectivity index (χ0v) is 28.7. The van der Waals surface area contributed by atoms with Crippen LogP contribution in [0.2, 0.25) is 0 Å². The summed E-state index contributed by atoms with van der Waals surface area (Å²) in [4.78, 5) is 32.2. The van der Waals surface area contributed by atoms with Crippen LogP contribution in [0.25, 0.3) is 0 Å². The number of rotatable bonds is 6. The third-order valence-corrected chi connectivity index (χ3v) is 10.5.